The molecule has 0 fully saturated rings. The van der Waals surface area contributed by atoms with Crippen LogP contribution >= 0.6 is 0 Å². The van der Waals surface area contributed by atoms with E-state index in [9.17, 15) is 9.90 Å². The molecule has 0 amide bonds. The highest BCUT2D eigenvalue weighted by atomic mass is 16.5. The Morgan fingerprint density at radius 3 is 2.48 bits per heavy atom. The molecule has 0 bridgehead atoms. The van der Waals surface area contributed by atoms with Gasteiger partial charge in [-0.2, -0.15) is 0 Å². The van der Waals surface area contributed by atoms with Crippen LogP contribution in [0.3, 0.4) is 0 Å². The average molecular weight is 537 g/mol. The summed E-state index contributed by atoms with van der Waals surface area (Å²) in [7, 11) is 0. The van der Waals surface area contributed by atoms with Crippen LogP contribution < -0.4 is 9.47 Å². The summed E-state index contributed by atoms with van der Waals surface area (Å²) in [4.78, 5) is 13.4. The first kappa shape index (κ1) is 27.8. The SMILES string of the molecule is CC(C)=CCC/C(C)=C/CCCC1(C)Oc2ccc(C(=O)c3ccccc3)c(O)c2[C@H]2c3ccccc3OC[C@H]21. The van der Waals surface area contributed by atoms with Crippen LogP contribution in [0.15, 0.2) is 90.0 Å². The van der Waals surface area contributed by atoms with E-state index in [2.05, 4.69) is 45.9 Å². The summed E-state index contributed by atoms with van der Waals surface area (Å²) in [5.41, 5.74) is 4.88. The lowest BCUT2D eigenvalue weighted by molar-refractivity contribution is -0.0357. The second-order valence-corrected chi connectivity index (χ2v) is 11.7. The molecular weight excluding hydrogens is 496 g/mol. The van der Waals surface area contributed by atoms with E-state index in [1.165, 1.54) is 11.1 Å². The van der Waals surface area contributed by atoms with Crippen molar-refractivity contribution in [2.75, 3.05) is 6.61 Å². The third kappa shape index (κ3) is 5.58. The van der Waals surface area contributed by atoms with Gasteiger partial charge in [-0.1, -0.05) is 71.8 Å². The minimum Gasteiger partial charge on any atom is -0.507 e. The van der Waals surface area contributed by atoms with Gasteiger partial charge in [-0.3, -0.25) is 4.79 Å². The van der Waals surface area contributed by atoms with Gasteiger partial charge in [-0.25, -0.2) is 0 Å². The Morgan fingerprint density at radius 1 is 0.950 bits per heavy atom. The van der Waals surface area contributed by atoms with Crippen molar-refractivity contribution in [3.8, 4) is 17.2 Å². The lowest BCUT2D eigenvalue weighted by atomic mass is 9.67. The number of allylic oxidation sites excluding steroid dienone is 4. The molecule has 3 atom stereocenters. The number of aromatic hydroxyl groups is 1. The maximum atomic E-state index is 13.4. The Kier molecular flexibility index (Phi) is 8.16. The molecule has 0 spiro atoms. The maximum Gasteiger partial charge on any atom is 0.196 e. The van der Waals surface area contributed by atoms with Gasteiger partial charge in [0.15, 0.2) is 5.78 Å². The first-order chi connectivity index (χ1) is 19.3. The number of unbranched alkanes of at least 4 members (excludes halogenated alkanes) is 1. The van der Waals surface area contributed by atoms with E-state index in [0.29, 0.717) is 29.0 Å². The number of ether oxygens (including phenoxy) is 2. The molecule has 0 saturated carbocycles. The number of hydrogen-bond acceptors (Lipinski definition) is 4. The van der Waals surface area contributed by atoms with Crippen molar-refractivity contribution >= 4 is 5.78 Å². The first-order valence-corrected chi connectivity index (χ1v) is 14.4. The molecule has 0 aliphatic carbocycles. The van der Waals surface area contributed by atoms with E-state index in [-0.39, 0.29) is 23.4 Å². The number of benzene rings is 3. The normalized spacial score (nSPS) is 21.2. The zero-order valence-electron chi connectivity index (χ0n) is 24.1. The van der Waals surface area contributed by atoms with E-state index in [1.807, 2.05) is 42.5 Å². The first-order valence-electron chi connectivity index (χ1n) is 14.4. The van der Waals surface area contributed by atoms with Crippen molar-refractivity contribution in [3.63, 3.8) is 0 Å². The van der Waals surface area contributed by atoms with Crippen molar-refractivity contribution in [2.24, 2.45) is 5.92 Å². The van der Waals surface area contributed by atoms with E-state index in [1.54, 1.807) is 18.2 Å². The van der Waals surface area contributed by atoms with Gasteiger partial charge in [0.05, 0.1) is 12.2 Å². The molecule has 3 aromatic carbocycles. The largest absolute Gasteiger partial charge is 0.507 e. The molecule has 2 aliphatic heterocycles. The fourth-order valence-corrected chi connectivity index (χ4v) is 6.21. The fraction of sp³-hybridized carbons (Fsp3) is 0.361. The van der Waals surface area contributed by atoms with Gasteiger partial charge in [-0.15, -0.1) is 0 Å². The van der Waals surface area contributed by atoms with Gasteiger partial charge in [0.1, 0.15) is 22.8 Å². The van der Waals surface area contributed by atoms with Gasteiger partial charge >= 0.3 is 0 Å². The summed E-state index contributed by atoms with van der Waals surface area (Å²) >= 11 is 0. The Bertz CT molecular complexity index is 1430. The molecule has 2 heterocycles. The lowest BCUT2D eigenvalue weighted by Crippen LogP contribution is -2.51. The fourth-order valence-electron chi connectivity index (χ4n) is 6.21. The number of carbonyl (C=O) groups is 1. The van der Waals surface area contributed by atoms with Crippen molar-refractivity contribution in [3.05, 3.63) is 112 Å². The summed E-state index contributed by atoms with van der Waals surface area (Å²) in [5, 5.41) is 11.6. The quantitative estimate of drug-likeness (QED) is 0.169. The maximum absolute atomic E-state index is 13.4. The smallest absolute Gasteiger partial charge is 0.196 e. The molecule has 40 heavy (non-hydrogen) atoms. The number of phenols is 1. The van der Waals surface area contributed by atoms with Gasteiger partial charge in [0.2, 0.25) is 0 Å². The number of hydrogen-bond donors (Lipinski definition) is 1. The second-order valence-electron chi connectivity index (χ2n) is 11.7. The van der Waals surface area contributed by atoms with E-state index >= 15 is 0 Å². The minimum atomic E-state index is -0.480. The molecule has 208 valence electrons. The van der Waals surface area contributed by atoms with Gasteiger partial charge in [-0.05, 0) is 78.0 Å². The highest BCUT2D eigenvalue weighted by molar-refractivity contribution is 6.11. The summed E-state index contributed by atoms with van der Waals surface area (Å²) in [6.07, 6.45) is 9.68. The van der Waals surface area contributed by atoms with Crippen molar-refractivity contribution in [2.45, 2.75) is 71.3 Å². The molecule has 0 radical (unpaired) electrons. The Morgan fingerprint density at radius 2 is 1.70 bits per heavy atom. The highest BCUT2D eigenvalue weighted by Gasteiger charge is 2.51. The monoisotopic (exact) mass is 536 g/mol. The molecule has 4 heteroatoms. The number of ketones is 1. The standard InChI is InChI=1S/C36H40O4/c1-24(2)13-12-15-25(3)14-10-11-22-36(4)29-23-39-30-19-9-8-18-27(30)32(29)33-31(40-36)21-20-28(35(33)38)34(37)26-16-6-5-7-17-26/h5-9,13-14,16-21,29,32,38H,10-12,15,22-23H2,1-4H3/b25-14+/t29-,32+,36?/m1/s1. The van der Waals surface area contributed by atoms with Crippen LogP contribution in [0.2, 0.25) is 0 Å². The number of phenolic OH excluding ortho intramolecular Hbond substituents is 1. The van der Waals surface area contributed by atoms with E-state index < -0.39 is 5.60 Å². The highest BCUT2D eigenvalue weighted by Crippen LogP contribution is 2.56. The predicted octanol–water partition coefficient (Wildman–Crippen LogP) is 8.78. The number of rotatable bonds is 9. The molecule has 3 aromatic rings. The molecule has 0 aromatic heterocycles. The number of para-hydroxylation sites is 1. The lowest BCUT2D eigenvalue weighted by Gasteiger charge is -2.49. The summed E-state index contributed by atoms with van der Waals surface area (Å²) in [6, 6.07) is 20.7. The zero-order valence-corrected chi connectivity index (χ0v) is 24.1. The summed E-state index contributed by atoms with van der Waals surface area (Å²) in [5.74, 6) is 1.14. The zero-order chi connectivity index (χ0) is 28.3. The van der Waals surface area contributed by atoms with Crippen molar-refractivity contribution < 1.29 is 19.4 Å². The third-order valence-corrected chi connectivity index (χ3v) is 8.43. The third-order valence-electron chi connectivity index (χ3n) is 8.43. The Labute approximate surface area is 238 Å². The summed E-state index contributed by atoms with van der Waals surface area (Å²) in [6.45, 7) is 9.17. The molecule has 5 rings (SSSR count). The van der Waals surface area contributed by atoms with Gasteiger partial charge < -0.3 is 14.6 Å². The molecule has 1 N–H and O–H groups in total. The van der Waals surface area contributed by atoms with Gasteiger partial charge in [0.25, 0.3) is 0 Å². The molecule has 0 saturated heterocycles. The van der Waals surface area contributed by atoms with Crippen LogP contribution in [0.1, 0.15) is 92.8 Å². The average Bonchev–Trinajstić information content (AvgIpc) is 2.95. The number of carbonyl (C=O) groups excluding carboxylic acids is 1. The van der Waals surface area contributed by atoms with E-state index in [0.717, 1.165) is 43.4 Å². The second kappa shape index (κ2) is 11.8. The van der Waals surface area contributed by atoms with Crippen molar-refractivity contribution in [1.82, 2.24) is 0 Å². The van der Waals surface area contributed by atoms with Crippen LogP contribution in [0.25, 0.3) is 0 Å². The van der Waals surface area contributed by atoms with Crippen LogP contribution in [-0.4, -0.2) is 23.1 Å². The molecular formula is C36H40O4. The molecule has 2 aliphatic rings. The van der Waals surface area contributed by atoms with Gasteiger partial charge in [0, 0.05) is 28.5 Å². The van der Waals surface area contributed by atoms with Crippen molar-refractivity contribution in [1.29, 1.82) is 0 Å². The van der Waals surface area contributed by atoms with Crippen LogP contribution in [0.4, 0.5) is 0 Å². The predicted molar refractivity (Wildman–Crippen MR) is 161 cm³/mol. The topological polar surface area (TPSA) is 55.8 Å². The van der Waals surface area contributed by atoms with Crippen LogP contribution in [0, 0.1) is 5.92 Å². The Balaban J connectivity index is 1.45. The minimum absolute atomic E-state index is 0.00868. The molecule has 4 nitrogen and oxygen atoms in total. The van der Waals surface area contributed by atoms with Crippen LogP contribution in [0.5, 0.6) is 17.2 Å². The summed E-state index contributed by atoms with van der Waals surface area (Å²) < 4.78 is 13.0. The number of fused-ring (bicyclic) bond motifs is 5. The Hall–Kier alpha value is -3.79. The van der Waals surface area contributed by atoms with Crippen LogP contribution in [-0.2, 0) is 0 Å². The van der Waals surface area contributed by atoms with E-state index in [4.69, 9.17) is 9.47 Å². The molecule has 1 unspecified atom stereocenters.